The van der Waals surface area contributed by atoms with Crippen molar-refractivity contribution >= 4 is 17.9 Å². The van der Waals surface area contributed by atoms with Crippen LogP contribution in [0.3, 0.4) is 0 Å². The number of nitrogens with zero attached hydrogens (tertiary/aromatic N) is 1. The van der Waals surface area contributed by atoms with Crippen molar-refractivity contribution in [2.24, 2.45) is 0 Å². The van der Waals surface area contributed by atoms with E-state index >= 15 is 0 Å². The van der Waals surface area contributed by atoms with Crippen LogP contribution in [0.4, 0.5) is 10.1 Å². The highest BCUT2D eigenvalue weighted by Gasteiger charge is 2.16. The standard InChI is InChI=1S/C16H14FNO2/c1-2-18(15-8-6-14(17)7-9-15)16(20)13-5-3-4-12(10-13)11-19/h3-11H,2H2,1H3. The number of rotatable bonds is 4. The van der Waals surface area contributed by atoms with E-state index in [1.807, 2.05) is 6.92 Å². The summed E-state index contributed by atoms with van der Waals surface area (Å²) in [6.07, 6.45) is 0.699. The molecule has 0 aromatic heterocycles. The van der Waals surface area contributed by atoms with Crippen molar-refractivity contribution in [3.63, 3.8) is 0 Å². The Hall–Kier alpha value is -2.49. The van der Waals surface area contributed by atoms with Crippen LogP contribution >= 0.6 is 0 Å². The highest BCUT2D eigenvalue weighted by Crippen LogP contribution is 2.18. The summed E-state index contributed by atoms with van der Waals surface area (Å²) in [6, 6.07) is 12.2. The number of carbonyl (C=O) groups is 2. The molecule has 4 heteroatoms. The molecule has 0 radical (unpaired) electrons. The molecule has 0 saturated carbocycles. The summed E-state index contributed by atoms with van der Waals surface area (Å²) in [5, 5.41) is 0. The molecule has 0 aliphatic carbocycles. The van der Waals surface area contributed by atoms with Crippen LogP contribution in [-0.4, -0.2) is 18.7 Å². The third-order valence-corrected chi connectivity index (χ3v) is 2.97. The Morgan fingerprint density at radius 3 is 2.50 bits per heavy atom. The van der Waals surface area contributed by atoms with Crippen LogP contribution in [0.2, 0.25) is 0 Å². The molecular weight excluding hydrogens is 257 g/mol. The number of carbonyl (C=O) groups excluding carboxylic acids is 2. The average molecular weight is 271 g/mol. The van der Waals surface area contributed by atoms with E-state index in [4.69, 9.17) is 0 Å². The molecule has 3 nitrogen and oxygen atoms in total. The van der Waals surface area contributed by atoms with Gasteiger partial charge in [0.05, 0.1) is 0 Å². The first kappa shape index (κ1) is 13.9. The smallest absolute Gasteiger partial charge is 0.258 e. The van der Waals surface area contributed by atoms with Crippen molar-refractivity contribution in [3.8, 4) is 0 Å². The molecule has 0 aliphatic rings. The van der Waals surface area contributed by atoms with E-state index < -0.39 is 0 Å². The molecule has 2 aromatic carbocycles. The van der Waals surface area contributed by atoms with Gasteiger partial charge in [-0.05, 0) is 43.3 Å². The summed E-state index contributed by atoms with van der Waals surface area (Å²) in [5.74, 6) is -0.567. The fourth-order valence-corrected chi connectivity index (χ4v) is 1.97. The van der Waals surface area contributed by atoms with E-state index in [-0.39, 0.29) is 11.7 Å². The van der Waals surface area contributed by atoms with Crippen LogP contribution in [0.25, 0.3) is 0 Å². The van der Waals surface area contributed by atoms with Crippen LogP contribution in [0.5, 0.6) is 0 Å². The lowest BCUT2D eigenvalue weighted by atomic mass is 10.1. The van der Waals surface area contributed by atoms with E-state index in [1.54, 1.807) is 36.4 Å². The number of amides is 1. The Labute approximate surface area is 116 Å². The number of hydrogen-bond acceptors (Lipinski definition) is 2. The average Bonchev–Trinajstić information content (AvgIpc) is 2.50. The first-order valence-electron chi connectivity index (χ1n) is 6.28. The molecule has 20 heavy (non-hydrogen) atoms. The zero-order valence-corrected chi connectivity index (χ0v) is 11.0. The second-order valence-electron chi connectivity index (χ2n) is 4.27. The number of hydrogen-bond donors (Lipinski definition) is 0. The summed E-state index contributed by atoms with van der Waals surface area (Å²) in [6.45, 7) is 2.29. The summed E-state index contributed by atoms with van der Waals surface area (Å²) in [4.78, 5) is 24.7. The van der Waals surface area contributed by atoms with Gasteiger partial charge in [-0.3, -0.25) is 9.59 Å². The summed E-state index contributed by atoms with van der Waals surface area (Å²) < 4.78 is 12.9. The zero-order valence-electron chi connectivity index (χ0n) is 11.0. The Morgan fingerprint density at radius 2 is 1.90 bits per heavy atom. The van der Waals surface area contributed by atoms with E-state index in [2.05, 4.69) is 0 Å². The Morgan fingerprint density at radius 1 is 1.20 bits per heavy atom. The second-order valence-corrected chi connectivity index (χ2v) is 4.27. The zero-order chi connectivity index (χ0) is 14.5. The molecular formula is C16H14FNO2. The maximum atomic E-state index is 12.9. The molecule has 0 bridgehead atoms. The fourth-order valence-electron chi connectivity index (χ4n) is 1.97. The van der Waals surface area contributed by atoms with Gasteiger partial charge < -0.3 is 4.90 Å². The maximum absolute atomic E-state index is 12.9. The first-order chi connectivity index (χ1) is 9.65. The van der Waals surface area contributed by atoms with Gasteiger partial charge in [-0.1, -0.05) is 12.1 Å². The lowest BCUT2D eigenvalue weighted by molar-refractivity contribution is 0.0988. The van der Waals surface area contributed by atoms with E-state index in [1.165, 1.54) is 17.0 Å². The summed E-state index contributed by atoms with van der Waals surface area (Å²) >= 11 is 0. The lowest BCUT2D eigenvalue weighted by Crippen LogP contribution is -2.30. The van der Waals surface area contributed by atoms with Crippen LogP contribution < -0.4 is 4.90 Å². The largest absolute Gasteiger partial charge is 0.309 e. The van der Waals surface area contributed by atoms with Gasteiger partial charge in [0.2, 0.25) is 0 Å². The number of aldehydes is 1. The van der Waals surface area contributed by atoms with Gasteiger partial charge in [0.15, 0.2) is 0 Å². The predicted molar refractivity (Wildman–Crippen MR) is 75.6 cm³/mol. The van der Waals surface area contributed by atoms with Crippen molar-refractivity contribution in [2.45, 2.75) is 6.92 Å². The quantitative estimate of drug-likeness (QED) is 0.800. The molecule has 1 amide bonds. The van der Waals surface area contributed by atoms with Gasteiger partial charge in [-0.15, -0.1) is 0 Å². The molecule has 2 aromatic rings. The molecule has 2 rings (SSSR count). The minimum absolute atomic E-state index is 0.220. The maximum Gasteiger partial charge on any atom is 0.258 e. The number of benzene rings is 2. The van der Waals surface area contributed by atoms with Gasteiger partial charge >= 0.3 is 0 Å². The molecule has 0 spiro atoms. The number of anilines is 1. The third-order valence-electron chi connectivity index (χ3n) is 2.97. The van der Waals surface area contributed by atoms with Crippen molar-refractivity contribution in [1.82, 2.24) is 0 Å². The van der Waals surface area contributed by atoms with Crippen molar-refractivity contribution in [2.75, 3.05) is 11.4 Å². The Balaban J connectivity index is 2.33. The predicted octanol–water partition coefficient (Wildman–Crippen LogP) is 3.30. The lowest BCUT2D eigenvalue weighted by Gasteiger charge is -2.21. The van der Waals surface area contributed by atoms with Crippen LogP contribution in [0.15, 0.2) is 48.5 Å². The van der Waals surface area contributed by atoms with Gasteiger partial charge in [0, 0.05) is 23.4 Å². The number of halogens is 1. The topological polar surface area (TPSA) is 37.4 Å². The van der Waals surface area contributed by atoms with E-state index in [0.717, 1.165) is 0 Å². The highest BCUT2D eigenvalue weighted by atomic mass is 19.1. The monoisotopic (exact) mass is 271 g/mol. The van der Waals surface area contributed by atoms with Gasteiger partial charge in [-0.2, -0.15) is 0 Å². The third kappa shape index (κ3) is 2.91. The molecule has 102 valence electrons. The minimum atomic E-state index is -0.347. The van der Waals surface area contributed by atoms with Crippen molar-refractivity contribution < 1.29 is 14.0 Å². The molecule has 0 atom stereocenters. The van der Waals surface area contributed by atoms with Crippen molar-refractivity contribution in [3.05, 3.63) is 65.5 Å². The summed E-state index contributed by atoms with van der Waals surface area (Å²) in [5.41, 5.74) is 1.50. The molecule has 0 saturated heterocycles. The van der Waals surface area contributed by atoms with Gasteiger partial charge in [-0.25, -0.2) is 4.39 Å². The second kappa shape index (κ2) is 6.10. The normalized spacial score (nSPS) is 10.1. The van der Waals surface area contributed by atoms with Crippen LogP contribution in [-0.2, 0) is 0 Å². The summed E-state index contributed by atoms with van der Waals surface area (Å²) in [7, 11) is 0. The first-order valence-corrected chi connectivity index (χ1v) is 6.28. The van der Waals surface area contributed by atoms with E-state index in [9.17, 15) is 14.0 Å². The fraction of sp³-hybridized carbons (Fsp3) is 0.125. The Kier molecular flexibility index (Phi) is 4.25. The highest BCUT2D eigenvalue weighted by molar-refractivity contribution is 6.06. The molecule has 0 N–H and O–H groups in total. The Bertz CT molecular complexity index is 623. The van der Waals surface area contributed by atoms with E-state index in [0.29, 0.717) is 29.6 Å². The van der Waals surface area contributed by atoms with Gasteiger partial charge in [0.25, 0.3) is 5.91 Å². The molecule has 0 aliphatic heterocycles. The SMILES string of the molecule is CCN(C(=O)c1cccc(C=O)c1)c1ccc(F)cc1. The van der Waals surface area contributed by atoms with Crippen LogP contribution in [0.1, 0.15) is 27.6 Å². The van der Waals surface area contributed by atoms with Crippen molar-refractivity contribution in [1.29, 1.82) is 0 Å². The molecule has 0 unspecified atom stereocenters. The molecule has 0 heterocycles. The minimum Gasteiger partial charge on any atom is -0.309 e. The van der Waals surface area contributed by atoms with Crippen LogP contribution in [0, 0.1) is 5.82 Å². The molecule has 0 fully saturated rings. The van der Waals surface area contributed by atoms with Gasteiger partial charge in [0.1, 0.15) is 12.1 Å².